The molecule has 0 aromatic heterocycles. The number of nitrogens with one attached hydrogen (secondary N) is 1. The first kappa shape index (κ1) is 17.9. The first-order valence-corrected chi connectivity index (χ1v) is 7.43. The van der Waals surface area contributed by atoms with Crippen LogP contribution in [-0.2, 0) is 9.53 Å². The van der Waals surface area contributed by atoms with Crippen LogP contribution in [0.4, 0.5) is 4.79 Å². The van der Waals surface area contributed by atoms with E-state index in [2.05, 4.69) is 11.1 Å². The molecule has 0 aliphatic heterocycles. The van der Waals surface area contributed by atoms with Crippen LogP contribution in [0, 0.1) is 5.41 Å². The maximum Gasteiger partial charge on any atom is 0.408 e. The molecule has 0 heterocycles. The second-order valence-electron chi connectivity index (χ2n) is 7.07. The van der Waals surface area contributed by atoms with Crippen LogP contribution in [0.3, 0.4) is 0 Å². The molecule has 122 valence electrons. The Morgan fingerprint density at radius 3 is 2.19 bits per heavy atom. The lowest BCUT2D eigenvalue weighted by atomic mass is 9.47. The van der Waals surface area contributed by atoms with Crippen LogP contribution in [0.2, 0.25) is 0 Å². The highest BCUT2D eigenvalue weighted by Gasteiger charge is 2.61. The van der Waals surface area contributed by atoms with E-state index in [0.29, 0.717) is 19.1 Å². The van der Waals surface area contributed by atoms with Crippen molar-refractivity contribution < 1.29 is 19.4 Å². The standard InChI is InChI=1S/C14H23NO4.CH5N/c1-12(2,3)19-11(18)15-14(10(17)7-16)8-13(9-14)5-4-6-13;1-2/h7,10,17H,4-6,8-9H2,1-3H3,(H,15,18);2H2,1H3. The van der Waals surface area contributed by atoms with Gasteiger partial charge in [0.1, 0.15) is 11.7 Å². The summed E-state index contributed by atoms with van der Waals surface area (Å²) < 4.78 is 5.21. The van der Waals surface area contributed by atoms with Gasteiger partial charge in [-0.05, 0) is 58.9 Å². The number of carbonyl (C=O) groups excluding carboxylic acids is 2. The largest absolute Gasteiger partial charge is 0.444 e. The van der Waals surface area contributed by atoms with E-state index >= 15 is 0 Å². The van der Waals surface area contributed by atoms with Gasteiger partial charge in [0, 0.05) is 0 Å². The number of aliphatic hydroxyl groups excluding tert-OH is 1. The normalized spacial score (nSPS) is 22.8. The molecule has 2 aliphatic rings. The van der Waals surface area contributed by atoms with Gasteiger partial charge >= 0.3 is 6.09 Å². The predicted octanol–water partition coefficient (Wildman–Crippen LogP) is 1.35. The van der Waals surface area contributed by atoms with Gasteiger partial charge in [-0.15, -0.1) is 0 Å². The van der Waals surface area contributed by atoms with Crippen molar-refractivity contribution in [1.29, 1.82) is 0 Å². The zero-order valence-corrected chi connectivity index (χ0v) is 13.4. The second-order valence-corrected chi connectivity index (χ2v) is 7.07. The Labute approximate surface area is 126 Å². The van der Waals surface area contributed by atoms with Crippen molar-refractivity contribution in [2.24, 2.45) is 11.1 Å². The molecule has 1 atom stereocenters. The Bertz CT molecular complexity index is 378. The zero-order chi connectivity index (χ0) is 16.3. The molecule has 0 bridgehead atoms. The molecule has 21 heavy (non-hydrogen) atoms. The molecule has 0 aromatic rings. The van der Waals surface area contributed by atoms with E-state index in [1.165, 1.54) is 13.5 Å². The number of aldehydes is 1. The minimum Gasteiger partial charge on any atom is -0.444 e. The molecule has 0 saturated heterocycles. The summed E-state index contributed by atoms with van der Waals surface area (Å²) >= 11 is 0. The monoisotopic (exact) mass is 300 g/mol. The molecule has 1 unspecified atom stereocenters. The second kappa shape index (κ2) is 6.32. The van der Waals surface area contributed by atoms with Gasteiger partial charge in [0.15, 0.2) is 6.29 Å². The lowest BCUT2D eigenvalue weighted by molar-refractivity contribution is -0.138. The van der Waals surface area contributed by atoms with Gasteiger partial charge < -0.3 is 25.7 Å². The molecular weight excluding hydrogens is 272 g/mol. The van der Waals surface area contributed by atoms with Gasteiger partial charge in [-0.25, -0.2) is 4.79 Å². The summed E-state index contributed by atoms with van der Waals surface area (Å²) in [5.41, 5.74) is 3.32. The van der Waals surface area contributed by atoms with E-state index in [9.17, 15) is 14.7 Å². The van der Waals surface area contributed by atoms with Gasteiger partial charge in [-0.3, -0.25) is 0 Å². The zero-order valence-electron chi connectivity index (χ0n) is 13.4. The van der Waals surface area contributed by atoms with Gasteiger partial charge in [0.05, 0.1) is 5.54 Å². The Kier molecular flexibility index (Phi) is 5.39. The van der Waals surface area contributed by atoms with E-state index in [-0.39, 0.29) is 5.41 Å². The fourth-order valence-electron chi connectivity index (χ4n) is 3.33. The highest BCUT2D eigenvalue weighted by Crippen LogP contribution is 2.61. The first-order chi connectivity index (χ1) is 9.70. The first-order valence-electron chi connectivity index (χ1n) is 7.43. The molecule has 2 aliphatic carbocycles. The molecule has 2 rings (SSSR count). The van der Waals surface area contributed by atoms with Crippen molar-refractivity contribution in [2.45, 2.75) is 70.1 Å². The summed E-state index contributed by atoms with van der Waals surface area (Å²) in [6.45, 7) is 5.34. The maximum atomic E-state index is 11.8. The number of nitrogens with two attached hydrogens (primary N) is 1. The predicted molar refractivity (Wildman–Crippen MR) is 79.8 cm³/mol. The molecule has 1 spiro atoms. The van der Waals surface area contributed by atoms with Crippen molar-refractivity contribution in [1.82, 2.24) is 5.32 Å². The maximum absolute atomic E-state index is 11.8. The van der Waals surface area contributed by atoms with Gasteiger partial charge in [0.25, 0.3) is 0 Å². The highest BCUT2D eigenvalue weighted by atomic mass is 16.6. The van der Waals surface area contributed by atoms with Crippen LogP contribution in [0.1, 0.15) is 52.9 Å². The van der Waals surface area contributed by atoms with Gasteiger partial charge in [-0.1, -0.05) is 6.42 Å². The summed E-state index contributed by atoms with van der Waals surface area (Å²) in [5.74, 6) is 0. The smallest absolute Gasteiger partial charge is 0.408 e. The minimum atomic E-state index is -1.16. The third-order valence-corrected chi connectivity index (χ3v) is 4.24. The van der Waals surface area contributed by atoms with Crippen LogP contribution in [-0.4, -0.2) is 41.8 Å². The molecule has 2 fully saturated rings. The third-order valence-electron chi connectivity index (χ3n) is 4.24. The minimum absolute atomic E-state index is 0.235. The molecular formula is C15H28N2O4. The highest BCUT2D eigenvalue weighted by molar-refractivity contribution is 5.71. The summed E-state index contributed by atoms with van der Waals surface area (Å²) in [7, 11) is 1.50. The fourth-order valence-corrected chi connectivity index (χ4v) is 3.33. The number of alkyl carbamates (subject to hydrolysis) is 1. The van der Waals surface area contributed by atoms with E-state index < -0.39 is 23.3 Å². The lowest BCUT2D eigenvalue weighted by Crippen LogP contribution is -2.70. The topological polar surface area (TPSA) is 102 Å². The average molecular weight is 300 g/mol. The number of hydrogen-bond donors (Lipinski definition) is 3. The molecule has 1 amide bonds. The van der Waals surface area contributed by atoms with Crippen molar-refractivity contribution >= 4 is 12.4 Å². The Hall–Kier alpha value is -1.14. The van der Waals surface area contributed by atoms with E-state index in [4.69, 9.17) is 4.74 Å². The molecule has 6 nitrogen and oxygen atoms in total. The summed E-state index contributed by atoms with van der Waals surface area (Å²) in [6, 6.07) is 0. The van der Waals surface area contributed by atoms with Crippen molar-refractivity contribution in [2.75, 3.05) is 7.05 Å². The molecule has 0 aromatic carbocycles. The SMILES string of the molecule is CC(C)(C)OC(=O)NC1(C(O)C=O)CC2(CCC2)C1.CN. The Balaban J connectivity index is 0.00000106. The number of ether oxygens (including phenoxy) is 1. The van der Waals surface area contributed by atoms with Crippen molar-refractivity contribution in [3.8, 4) is 0 Å². The number of rotatable bonds is 3. The molecule has 6 heteroatoms. The number of carbonyl (C=O) groups is 2. The lowest BCUT2D eigenvalue weighted by Gasteiger charge is -2.61. The Morgan fingerprint density at radius 2 is 1.86 bits per heavy atom. The van der Waals surface area contributed by atoms with Gasteiger partial charge in [-0.2, -0.15) is 0 Å². The van der Waals surface area contributed by atoms with Crippen LogP contribution in [0.15, 0.2) is 0 Å². The molecule has 4 N–H and O–H groups in total. The summed E-state index contributed by atoms with van der Waals surface area (Å²) in [4.78, 5) is 22.7. The van der Waals surface area contributed by atoms with Crippen molar-refractivity contribution in [3.63, 3.8) is 0 Å². The summed E-state index contributed by atoms with van der Waals surface area (Å²) in [6.07, 6.45) is 3.54. The van der Waals surface area contributed by atoms with E-state index in [1.807, 2.05) is 0 Å². The Morgan fingerprint density at radius 1 is 1.33 bits per heavy atom. The van der Waals surface area contributed by atoms with Crippen LogP contribution in [0.25, 0.3) is 0 Å². The number of hydrogen-bond acceptors (Lipinski definition) is 5. The number of amides is 1. The average Bonchev–Trinajstić information content (AvgIpc) is 2.30. The van der Waals surface area contributed by atoms with Crippen LogP contribution in [0.5, 0.6) is 0 Å². The van der Waals surface area contributed by atoms with Crippen LogP contribution >= 0.6 is 0 Å². The summed E-state index contributed by atoms with van der Waals surface area (Å²) in [5, 5.41) is 12.6. The van der Waals surface area contributed by atoms with Gasteiger partial charge in [0.2, 0.25) is 0 Å². The molecule has 2 saturated carbocycles. The number of aliphatic hydroxyl groups is 1. The van der Waals surface area contributed by atoms with E-state index in [0.717, 1.165) is 12.8 Å². The third kappa shape index (κ3) is 3.95. The van der Waals surface area contributed by atoms with E-state index in [1.54, 1.807) is 20.8 Å². The molecule has 0 radical (unpaired) electrons. The fraction of sp³-hybridized carbons (Fsp3) is 0.867. The van der Waals surface area contributed by atoms with Crippen molar-refractivity contribution in [3.05, 3.63) is 0 Å². The van der Waals surface area contributed by atoms with Crippen LogP contribution < -0.4 is 11.1 Å². The quantitative estimate of drug-likeness (QED) is 0.683.